The van der Waals surface area contributed by atoms with Gasteiger partial charge in [-0.05, 0) is 56.4 Å². The Labute approximate surface area is 170 Å². The first-order valence-corrected chi connectivity index (χ1v) is 10.5. The van der Waals surface area contributed by atoms with Crippen molar-refractivity contribution in [1.29, 1.82) is 0 Å². The van der Waals surface area contributed by atoms with Gasteiger partial charge < -0.3 is 9.31 Å². The van der Waals surface area contributed by atoms with E-state index in [1.807, 2.05) is 11.3 Å². The second kappa shape index (κ2) is 6.18. The summed E-state index contributed by atoms with van der Waals surface area (Å²) in [4.78, 5) is 0. The second-order valence-electron chi connectivity index (χ2n) is 8.52. The van der Waals surface area contributed by atoms with Crippen molar-refractivity contribution in [3.05, 3.63) is 66.7 Å². The van der Waals surface area contributed by atoms with Crippen LogP contribution in [0.25, 0.3) is 31.3 Å². The molecule has 140 valence electrons. The van der Waals surface area contributed by atoms with Gasteiger partial charge in [0.25, 0.3) is 0 Å². The molecule has 2 heterocycles. The molecule has 1 aliphatic rings. The Morgan fingerprint density at radius 1 is 0.679 bits per heavy atom. The lowest BCUT2D eigenvalue weighted by Crippen LogP contribution is -2.41. The van der Waals surface area contributed by atoms with Crippen LogP contribution in [0.4, 0.5) is 0 Å². The first kappa shape index (κ1) is 17.9. The van der Waals surface area contributed by atoms with Crippen LogP contribution in [-0.4, -0.2) is 18.3 Å². The zero-order chi connectivity index (χ0) is 19.5. The van der Waals surface area contributed by atoms with Crippen LogP contribution in [0.2, 0.25) is 0 Å². The molecule has 28 heavy (non-hydrogen) atoms. The van der Waals surface area contributed by atoms with Crippen molar-refractivity contribution in [2.45, 2.75) is 38.9 Å². The molecule has 0 spiro atoms. The molecule has 1 fully saturated rings. The fourth-order valence-electron chi connectivity index (χ4n) is 3.73. The van der Waals surface area contributed by atoms with Gasteiger partial charge in [-0.25, -0.2) is 0 Å². The van der Waals surface area contributed by atoms with E-state index in [9.17, 15) is 0 Å². The Hall–Kier alpha value is -2.14. The second-order valence-corrected chi connectivity index (χ2v) is 9.61. The molecule has 0 atom stereocenters. The molecule has 4 aromatic rings. The fourth-order valence-corrected chi connectivity index (χ4v) is 4.92. The lowest BCUT2D eigenvalue weighted by Gasteiger charge is -2.32. The zero-order valence-corrected chi connectivity index (χ0v) is 17.5. The Balaban J connectivity index is 1.56. The molecule has 0 amide bonds. The van der Waals surface area contributed by atoms with Gasteiger partial charge >= 0.3 is 7.12 Å². The molecule has 0 bridgehead atoms. The molecule has 4 heteroatoms. The van der Waals surface area contributed by atoms with Crippen molar-refractivity contribution >= 4 is 44.1 Å². The zero-order valence-electron chi connectivity index (χ0n) is 16.7. The van der Waals surface area contributed by atoms with Gasteiger partial charge in [0, 0.05) is 20.2 Å². The summed E-state index contributed by atoms with van der Waals surface area (Å²) in [7, 11) is -0.320. The summed E-state index contributed by atoms with van der Waals surface area (Å²) in [6, 6.07) is 23.9. The molecule has 0 N–H and O–H groups in total. The topological polar surface area (TPSA) is 18.5 Å². The summed E-state index contributed by atoms with van der Waals surface area (Å²) in [6.45, 7) is 8.37. The Morgan fingerprint density at radius 3 is 1.96 bits per heavy atom. The summed E-state index contributed by atoms with van der Waals surface area (Å²) in [5, 5.41) is 2.60. The van der Waals surface area contributed by atoms with Gasteiger partial charge in [-0.15, -0.1) is 11.3 Å². The number of rotatable bonds is 2. The van der Waals surface area contributed by atoms with Crippen molar-refractivity contribution in [1.82, 2.24) is 0 Å². The van der Waals surface area contributed by atoms with E-state index in [-0.39, 0.29) is 18.3 Å². The number of hydrogen-bond donors (Lipinski definition) is 0. The van der Waals surface area contributed by atoms with Crippen molar-refractivity contribution in [2.24, 2.45) is 0 Å². The molecule has 1 aliphatic heterocycles. The fraction of sp³-hybridized carbons (Fsp3) is 0.250. The van der Waals surface area contributed by atoms with Gasteiger partial charge in [0.1, 0.15) is 0 Å². The van der Waals surface area contributed by atoms with E-state index in [2.05, 4.69) is 94.4 Å². The van der Waals surface area contributed by atoms with Gasteiger partial charge in [0.15, 0.2) is 0 Å². The molecule has 5 rings (SSSR count). The van der Waals surface area contributed by atoms with Crippen molar-refractivity contribution in [2.75, 3.05) is 0 Å². The van der Waals surface area contributed by atoms with Gasteiger partial charge in [-0.2, -0.15) is 0 Å². The van der Waals surface area contributed by atoms with E-state index in [4.69, 9.17) is 9.31 Å². The van der Waals surface area contributed by atoms with E-state index < -0.39 is 0 Å². The van der Waals surface area contributed by atoms with Crippen LogP contribution >= 0.6 is 11.3 Å². The monoisotopic (exact) mass is 386 g/mol. The molecular formula is C24H23BO2S. The average Bonchev–Trinajstić information content (AvgIpc) is 3.14. The van der Waals surface area contributed by atoms with Crippen molar-refractivity contribution < 1.29 is 9.31 Å². The SMILES string of the molecule is CC1(C)OB(c2ccc3c(c2)sc2cc(-c4ccccc4)ccc23)OC1(C)C. The lowest BCUT2D eigenvalue weighted by molar-refractivity contribution is 0.00578. The van der Waals surface area contributed by atoms with Crippen molar-refractivity contribution in [3.63, 3.8) is 0 Å². The first-order valence-electron chi connectivity index (χ1n) is 9.71. The predicted octanol–water partition coefficient (Wildman–Crippen LogP) is 6.02. The Kier molecular flexibility index (Phi) is 3.96. The highest BCUT2D eigenvalue weighted by molar-refractivity contribution is 7.25. The highest BCUT2D eigenvalue weighted by atomic mass is 32.1. The minimum atomic E-state index is -0.322. The van der Waals surface area contributed by atoms with Crippen LogP contribution in [0.3, 0.4) is 0 Å². The summed E-state index contributed by atoms with van der Waals surface area (Å²) in [5.74, 6) is 0. The van der Waals surface area contributed by atoms with Crippen molar-refractivity contribution in [3.8, 4) is 11.1 Å². The van der Waals surface area contributed by atoms with E-state index in [1.54, 1.807) is 0 Å². The smallest absolute Gasteiger partial charge is 0.399 e. The molecule has 2 nitrogen and oxygen atoms in total. The molecular weight excluding hydrogens is 363 g/mol. The van der Waals surface area contributed by atoms with Crippen LogP contribution < -0.4 is 5.46 Å². The lowest BCUT2D eigenvalue weighted by atomic mass is 9.79. The molecule has 0 aliphatic carbocycles. The predicted molar refractivity (Wildman–Crippen MR) is 120 cm³/mol. The quantitative estimate of drug-likeness (QED) is 0.392. The number of fused-ring (bicyclic) bond motifs is 3. The summed E-state index contributed by atoms with van der Waals surface area (Å²) in [5.41, 5.74) is 2.95. The van der Waals surface area contributed by atoms with E-state index in [1.165, 1.54) is 31.3 Å². The Bertz CT molecular complexity index is 1160. The van der Waals surface area contributed by atoms with Gasteiger partial charge in [-0.3, -0.25) is 0 Å². The van der Waals surface area contributed by atoms with Crippen LogP contribution in [0.5, 0.6) is 0 Å². The number of hydrogen-bond acceptors (Lipinski definition) is 3. The van der Waals surface area contributed by atoms with Gasteiger partial charge in [0.05, 0.1) is 11.2 Å². The van der Waals surface area contributed by atoms with E-state index in [0.717, 1.165) is 5.46 Å². The number of thiophene rings is 1. The summed E-state index contributed by atoms with van der Waals surface area (Å²) < 4.78 is 15.0. The maximum atomic E-state index is 6.23. The van der Waals surface area contributed by atoms with Crippen LogP contribution in [0.1, 0.15) is 27.7 Å². The van der Waals surface area contributed by atoms with E-state index >= 15 is 0 Å². The van der Waals surface area contributed by atoms with Gasteiger partial charge in [-0.1, -0.05) is 54.6 Å². The highest BCUT2D eigenvalue weighted by Crippen LogP contribution is 2.38. The molecule has 1 aromatic heterocycles. The maximum absolute atomic E-state index is 6.23. The third kappa shape index (κ3) is 2.79. The molecule has 3 aromatic carbocycles. The molecule has 0 unspecified atom stereocenters. The van der Waals surface area contributed by atoms with Crippen LogP contribution in [-0.2, 0) is 9.31 Å². The maximum Gasteiger partial charge on any atom is 0.494 e. The highest BCUT2D eigenvalue weighted by Gasteiger charge is 2.51. The number of benzene rings is 3. The van der Waals surface area contributed by atoms with E-state index in [0.29, 0.717) is 0 Å². The molecule has 1 saturated heterocycles. The van der Waals surface area contributed by atoms with Crippen LogP contribution in [0, 0.1) is 0 Å². The third-order valence-electron chi connectivity index (χ3n) is 6.13. The minimum Gasteiger partial charge on any atom is -0.399 e. The Morgan fingerprint density at radius 2 is 1.29 bits per heavy atom. The molecule has 0 radical (unpaired) electrons. The van der Waals surface area contributed by atoms with Crippen LogP contribution in [0.15, 0.2) is 66.7 Å². The third-order valence-corrected chi connectivity index (χ3v) is 7.25. The normalized spacial score (nSPS) is 18.2. The van der Waals surface area contributed by atoms with Gasteiger partial charge in [0.2, 0.25) is 0 Å². The summed E-state index contributed by atoms with van der Waals surface area (Å²) >= 11 is 1.83. The largest absolute Gasteiger partial charge is 0.494 e. The molecule has 0 saturated carbocycles. The first-order chi connectivity index (χ1) is 13.3. The standard InChI is InChI=1S/C24H23BO2S/c1-23(2)24(3,4)27-25(26-23)18-11-13-20-19-12-10-17(16-8-6-5-7-9-16)14-21(19)28-22(20)15-18/h5-15H,1-4H3. The average molecular weight is 386 g/mol. The minimum absolute atomic E-state index is 0.320. The summed E-state index contributed by atoms with van der Waals surface area (Å²) in [6.07, 6.45) is 0.